The Morgan fingerprint density at radius 2 is 2.23 bits per heavy atom. The summed E-state index contributed by atoms with van der Waals surface area (Å²) in [6.07, 6.45) is 1.10. The molecule has 0 bridgehead atoms. The van der Waals surface area contributed by atoms with Gasteiger partial charge in [0.05, 0.1) is 4.21 Å². The Labute approximate surface area is 101 Å². The van der Waals surface area contributed by atoms with Gasteiger partial charge in [-0.2, -0.15) is 0 Å². The third-order valence-corrected chi connectivity index (χ3v) is 5.47. The van der Waals surface area contributed by atoms with Gasteiger partial charge < -0.3 is 0 Å². The highest BCUT2D eigenvalue weighted by atomic mass is 127. The Balaban J connectivity index is 2.75. The lowest BCUT2D eigenvalue weighted by molar-refractivity contribution is 1.15. The van der Waals surface area contributed by atoms with Crippen LogP contribution in [0.5, 0.6) is 0 Å². The third-order valence-electron chi connectivity index (χ3n) is 2.08. The summed E-state index contributed by atoms with van der Waals surface area (Å²) < 4.78 is 3.76. The van der Waals surface area contributed by atoms with E-state index in [9.17, 15) is 0 Å². The first-order valence-corrected chi connectivity index (χ1v) is 6.46. The van der Waals surface area contributed by atoms with E-state index in [1.54, 1.807) is 11.3 Å². The summed E-state index contributed by atoms with van der Waals surface area (Å²) >= 11 is 8.55. The van der Waals surface area contributed by atoms with Crippen molar-refractivity contribution in [2.75, 3.05) is 0 Å². The minimum Gasteiger partial charge on any atom is -0.132 e. The number of rotatable bonds is 1. The van der Waals surface area contributed by atoms with Crippen LogP contribution in [0.1, 0.15) is 12.5 Å². The Bertz CT molecular complexity index is 445. The van der Waals surface area contributed by atoms with Crippen molar-refractivity contribution < 1.29 is 0 Å². The number of hydrogen-bond donors (Lipinski definition) is 1. The smallest absolute Gasteiger partial charge is 0.0714 e. The van der Waals surface area contributed by atoms with E-state index >= 15 is 0 Å². The first-order valence-electron chi connectivity index (χ1n) is 4.12. The lowest BCUT2D eigenvalue weighted by Gasteiger charge is -1.96. The van der Waals surface area contributed by atoms with Crippen LogP contribution in [0.25, 0.3) is 10.1 Å². The van der Waals surface area contributed by atoms with Crippen LogP contribution in [-0.2, 0) is 6.42 Å². The number of thiophene rings is 1. The molecule has 0 unspecified atom stereocenters. The molecule has 0 aliphatic rings. The van der Waals surface area contributed by atoms with Crippen LogP contribution < -0.4 is 0 Å². The largest absolute Gasteiger partial charge is 0.132 e. The highest BCUT2D eigenvalue weighted by Crippen LogP contribution is 2.35. The molecule has 0 amide bonds. The van der Waals surface area contributed by atoms with E-state index in [4.69, 9.17) is 0 Å². The molecule has 0 N–H and O–H groups in total. The zero-order valence-corrected chi connectivity index (χ0v) is 11.0. The van der Waals surface area contributed by atoms with Crippen molar-refractivity contribution >= 4 is 56.6 Å². The summed E-state index contributed by atoms with van der Waals surface area (Å²) in [6, 6.07) is 6.66. The molecule has 2 aromatic rings. The van der Waals surface area contributed by atoms with E-state index in [1.165, 1.54) is 19.2 Å². The minimum atomic E-state index is 1.10. The Hall–Kier alpha value is 0.260. The van der Waals surface area contributed by atoms with Gasteiger partial charge in [0, 0.05) is 13.7 Å². The van der Waals surface area contributed by atoms with E-state index in [-0.39, 0.29) is 0 Å². The van der Waals surface area contributed by atoms with E-state index in [1.807, 2.05) is 0 Å². The molecule has 0 atom stereocenters. The van der Waals surface area contributed by atoms with E-state index in [0.717, 1.165) is 10.6 Å². The lowest BCUT2D eigenvalue weighted by atomic mass is 10.1. The molecule has 0 aliphatic heterocycles. The van der Waals surface area contributed by atoms with Crippen molar-refractivity contribution in [1.29, 1.82) is 0 Å². The fourth-order valence-corrected chi connectivity index (χ4v) is 3.51. The fourth-order valence-electron chi connectivity index (χ4n) is 1.32. The monoisotopic (exact) mass is 320 g/mol. The maximum absolute atomic E-state index is 4.43. The summed E-state index contributed by atoms with van der Waals surface area (Å²) in [5.74, 6) is 0. The number of hydrogen-bond acceptors (Lipinski definition) is 2. The average Bonchev–Trinajstić information content (AvgIpc) is 2.43. The second-order valence-corrected chi connectivity index (χ2v) is 5.79. The quantitative estimate of drug-likeness (QED) is 0.586. The van der Waals surface area contributed by atoms with Crippen LogP contribution in [0, 0.1) is 3.57 Å². The standard InChI is InChI=1S/C10H9IS2/c1-2-6-3-4-8-7(5-6)9(11)10(12)13-8/h3-5,12H,2H2,1H3. The molecule has 0 spiro atoms. The number of fused-ring (bicyclic) bond motifs is 1. The second-order valence-electron chi connectivity index (χ2n) is 2.91. The number of thiol groups is 1. The minimum absolute atomic E-state index is 1.10. The molecule has 0 saturated carbocycles. The molecule has 0 saturated heterocycles. The van der Waals surface area contributed by atoms with Gasteiger partial charge in [-0.05, 0) is 46.7 Å². The van der Waals surface area contributed by atoms with Crippen LogP contribution in [-0.4, -0.2) is 0 Å². The van der Waals surface area contributed by atoms with Crippen molar-refractivity contribution in [1.82, 2.24) is 0 Å². The molecule has 1 aromatic carbocycles. The predicted molar refractivity (Wildman–Crippen MR) is 71.2 cm³/mol. The van der Waals surface area contributed by atoms with Gasteiger partial charge in [-0.25, -0.2) is 0 Å². The van der Waals surface area contributed by atoms with Gasteiger partial charge in [-0.15, -0.1) is 24.0 Å². The molecule has 0 fully saturated rings. The van der Waals surface area contributed by atoms with E-state index in [0.29, 0.717) is 0 Å². The number of aryl methyl sites for hydroxylation is 1. The molecule has 3 heteroatoms. The summed E-state index contributed by atoms with van der Waals surface area (Å²) in [6.45, 7) is 2.18. The van der Waals surface area contributed by atoms with Crippen LogP contribution in [0.4, 0.5) is 0 Å². The molecule has 0 nitrogen and oxygen atoms in total. The van der Waals surface area contributed by atoms with Crippen molar-refractivity contribution in [3.05, 3.63) is 27.3 Å². The molecule has 1 heterocycles. The molecule has 13 heavy (non-hydrogen) atoms. The van der Waals surface area contributed by atoms with Crippen LogP contribution >= 0.6 is 46.6 Å². The van der Waals surface area contributed by atoms with Gasteiger partial charge in [-0.1, -0.05) is 13.0 Å². The molecule has 68 valence electrons. The van der Waals surface area contributed by atoms with Crippen LogP contribution in [0.3, 0.4) is 0 Å². The van der Waals surface area contributed by atoms with Crippen LogP contribution in [0.15, 0.2) is 22.4 Å². The van der Waals surface area contributed by atoms with Gasteiger partial charge >= 0.3 is 0 Å². The second kappa shape index (κ2) is 3.79. The predicted octanol–water partition coefficient (Wildman–Crippen LogP) is 4.36. The zero-order chi connectivity index (χ0) is 9.42. The van der Waals surface area contributed by atoms with E-state index in [2.05, 4.69) is 60.3 Å². The maximum Gasteiger partial charge on any atom is 0.0714 e. The number of benzene rings is 1. The SMILES string of the molecule is CCc1ccc2sc(S)c(I)c2c1. The van der Waals surface area contributed by atoms with Crippen molar-refractivity contribution in [2.24, 2.45) is 0 Å². The normalized spacial score (nSPS) is 11.0. The molecule has 1 aromatic heterocycles. The Morgan fingerprint density at radius 1 is 1.46 bits per heavy atom. The Morgan fingerprint density at radius 3 is 2.92 bits per heavy atom. The summed E-state index contributed by atoms with van der Waals surface area (Å²) in [5, 5.41) is 1.36. The molecule has 2 rings (SSSR count). The average molecular weight is 320 g/mol. The number of halogens is 1. The molecular formula is C10H9IS2. The van der Waals surface area contributed by atoms with E-state index < -0.39 is 0 Å². The highest BCUT2D eigenvalue weighted by Gasteiger charge is 2.06. The van der Waals surface area contributed by atoms with Gasteiger partial charge in [0.2, 0.25) is 0 Å². The summed E-state index contributed by atoms with van der Waals surface area (Å²) in [5.41, 5.74) is 1.40. The molecular weight excluding hydrogens is 311 g/mol. The van der Waals surface area contributed by atoms with Gasteiger partial charge in [0.15, 0.2) is 0 Å². The van der Waals surface area contributed by atoms with Gasteiger partial charge in [0.1, 0.15) is 0 Å². The maximum atomic E-state index is 4.43. The van der Waals surface area contributed by atoms with Crippen molar-refractivity contribution in [3.63, 3.8) is 0 Å². The molecule has 0 radical (unpaired) electrons. The summed E-state index contributed by atoms with van der Waals surface area (Å²) in [4.78, 5) is 0. The third kappa shape index (κ3) is 1.74. The zero-order valence-electron chi connectivity index (χ0n) is 7.17. The first-order chi connectivity index (χ1) is 6.22. The highest BCUT2D eigenvalue weighted by molar-refractivity contribution is 14.1. The first kappa shape index (κ1) is 9.80. The van der Waals surface area contributed by atoms with Crippen LogP contribution in [0.2, 0.25) is 0 Å². The van der Waals surface area contributed by atoms with Gasteiger partial charge in [-0.3, -0.25) is 0 Å². The fraction of sp³-hybridized carbons (Fsp3) is 0.200. The Kier molecular flexibility index (Phi) is 2.86. The lowest BCUT2D eigenvalue weighted by Crippen LogP contribution is -1.78. The van der Waals surface area contributed by atoms with Crippen molar-refractivity contribution in [2.45, 2.75) is 17.6 Å². The summed E-state index contributed by atoms with van der Waals surface area (Å²) in [7, 11) is 0. The van der Waals surface area contributed by atoms with Crippen molar-refractivity contribution in [3.8, 4) is 0 Å². The molecule has 0 aliphatic carbocycles. The van der Waals surface area contributed by atoms with Gasteiger partial charge in [0.25, 0.3) is 0 Å². The topological polar surface area (TPSA) is 0 Å².